The van der Waals surface area contributed by atoms with E-state index in [9.17, 15) is 4.79 Å². The number of rotatable bonds is 9. The van der Waals surface area contributed by atoms with Crippen molar-refractivity contribution in [1.29, 1.82) is 0 Å². The van der Waals surface area contributed by atoms with Gasteiger partial charge in [-0.1, -0.05) is 33.1 Å². The van der Waals surface area contributed by atoms with Crippen LogP contribution in [0.3, 0.4) is 0 Å². The summed E-state index contributed by atoms with van der Waals surface area (Å²) in [5.41, 5.74) is 0. The van der Waals surface area contributed by atoms with Crippen LogP contribution in [0.1, 0.15) is 59.3 Å². The normalized spacial score (nSPS) is 23.1. The van der Waals surface area contributed by atoms with Crippen LogP contribution in [-0.2, 0) is 14.3 Å². The number of carbonyl (C=O) groups excluding carboxylic acids is 1. The number of carbonyl (C=O) groups is 1. The number of piperidine rings is 1. The third-order valence-electron chi connectivity index (χ3n) is 6.28. The number of guanidine groups is 1. The van der Waals surface area contributed by atoms with Crippen LogP contribution < -0.4 is 5.32 Å². The summed E-state index contributed by atoms with van der Waals surface area (Å²) in [6.45, 7) is 10.7. The second kappa shape index (κ2) is 11.7. The summed E-state index contributed by atoms with van der Waals surface area (Å²) in [4.78, 5) is 20.7. The predicted octanol–water partition coefficient (Wildman–Crippen LogP) is 2.71. The van der Waals surface area contributed by atoms with Gasteiger partial charge in [-0.05, 0) is 32.1 Å². The van der Waals surface area contributed by atoms with E-state index in [4.69, 9.17) is 14.5 Å². The molecule has 29 heavy (non-hydrogen) atoms. The monoisotopic (exact) mass is 410 g/mol. The molecular weight excluding hydrogens is 368 g/mol. The Bertz CT molecular complexity index is 532. The summed E-state index contributed by atoms with van der Waals surface area (Å²) < 4.78 is 11.9. The Hall–Kier alpha value is -1.34. The molecule has 2 saturated heterocycles. The molecule has 2 atom stereocenters. The molecule has 0 radical (unpaired) electrons. The van der Waals surface area contributed by atoms with Crippen LogP contribution in [0.2, 0.25) is 0 Å². The van der Waals surface area contributed by atoms with Crippen LogP contribution in [0.4, 0.5) is 0 Å². The minimum Gasteiger partial charge on any atom is -0.356 e. The number of unbranched alkanes of at least 4 members (excludes halogenated alkanes) is 1. The summed E-state index contributed by atoms with van der Waals surface area (Å²) in [6.07, 6.45) is 7.02. The number of hydrogen-bond donors (Lipinski definition) is 1. The second-order valence-electron chi connectivity index (χ2n) is 8.72. The molecule has 0 aromatic heterocycles. The molecule has 2 rings (SSSR count). The molecule has 7 heteroatoms. The summed E-state index contributed by atoms with van der Waals surface area (Å²) >= 11 is 0. The van der Waals surface area contributed by atoms with Crippen molar-refractivity contribution in [2.45, 2.75) is 65.1 Å². The van der Waals surface area contributed by atoms with E-state index >= 15 is 0 Å². The highest BCUT2D eigenvalue weighted by Crippen LogP contribution is 2.34. The van der Waals surface area contributed by atoms with Crippen molar-refractivity contribution < 1.29 is 14.3 Å². The molecule has 168 valence electrons. The van der Waals surface area contributed by atoms with Crippen LogP contribution in [0.25, 0.3) is 0 Å². The number of amides is 1. The molecule has 0 aliphatic carbocycles. The summed E-state index contributed by atoms with van der Waals surface area (Å²) in [6, 6.07) is 0. The van der Waals surface area contributed by atoms with Crippen LogP contribution >= 0.6 is 0 Å². The van der Waals surface area contributed by atoms with Crippen molar-refractivity contribution in [1.82, 2.24) is 15.1 Å². The van der Waals surface area contributed by atoms with Gasteiger partial charge in [0.1, 0.15) is 6.54 Å². The first-order chi connectivity index (χ1) is 13.9. The molecule has 2 aliphatic heterocycles. The van der Waals surface area contributed by atoms with Gasteiger partial charge in [-0.3, -0.25) is 4.79 Å². The average molecular weight is 411 g/mol. The Kier molecular flexibility index (Phi) is 9.69. The van der Waals surface area contributed by atoms with Crippen molar-refractivity contribution in [2.75, 3.05) is 53.5 Å². The second-order valence-corrected chi connectivity index (χ2v) is 8.72. The molecule has 7 nitrogen and oxygen atoms in total. The van der Waals surface area contributed by atoms with Gasteiger partial charge in [-0.15, -0.1) is 0 Å². The number of nitrogens with one attached hydrogen (secondary N) is 1. The van der Waals surface area contributed by atoms with Gasteiger partial charge in [-0.25, -0.2) is 4.99 Å². The number of hydrogen-bond acceptors (Lipinski definition) is 4. The van der Waals surface area contributed by atoms with E-state index in [1.807, 2.05) is 0 Å². The van der Waals surface area contributed by atoms with Gasteiger partial charge in [0, 0.05) is 39.6 Å². The van der Waals surface area contributed by atoms with E-state index in [0.717, 1.165) is 44.9 Å². The molecule has 2 fully saturated rings. The molecule has 2 heterocycles. The maximum Gasteiger partial charge on any atom is 0.243 e. The van der Waals surface area contributed by atoms with Crippen LogP contribution in [-0.4, -0.2) is 80.9 Å². The summed E-state index contributed by atoms with van der Waals surface area (Å²) in [5, 5.41) is 3.59. The lowest BCUT2D eigenvalue weighted by Gasteiger charge is -2.41. The SMILES string of the molecule is CCCCC(CC)CNC(=NCC(=O)N(C)C)N1CCCC(C2(C)OCCO2)C1. The topological polar surface area (TPSA) is 66.4 Å². The maximum atomic E-state index is 12.1. The number of ether oxygens (including phenoxy) is 2. The third-order valence-corrected chi connectivity index (χ3v) is 6.28. The standard InChI is InChI=1S/C22H42N4O3/c1-6-8-10-18(7-2)15-23-21(24-16-20(27)25(4)5)26-12-9-11-19(17-26)22(3)28-13-14-29-22/h18-19H,6-17H2,1-5H3,(H,23,24). The Balaban J connectivity index is 2.06. The zero-order chi connectivity index (χ0) is 21.3. The van der Waals surface area contributed by atoms with Crippen molar-refractivity contribution in [3.63, 3.8) is 0 Å². The fraction of sp³-hybridized carbons (Fsp3) is 0.909. The molecule has 0 aromatic rings. The Morgan fingerprint density at radius 2 is 2.03 bits per heavy atom. The predicted molar refractivity (Wildman–Crippen MR) is 117 cm³/mol. The van der Waals surface area contributed by atoms with Gasteiger partial charge in [0.25, 0.3) is 0 Å². The maximum absolute atomic E-state index is 12.1. The van der Waals surface area contributed by atoms with E-state index in [1.165, 1.54) is 19.3 Å². The number of aliphatic imine (C=N–C) groups is 1. The number of likely N-dealkylation sites (N-methyl/N-ethyl adjacent to an activating group) is 1. The fourth-order valence-electron chi connectivity index (χ4n) is 4.09. The van der Waals surface area contributed by atoms with Gasteiger partial charge >= 0.3 is 0 Å². The third kappa shape index (κ3) is 7.14. The van der Waals surface area contributed by atoms with Crippen molar-refractivity contribution >= 4 is 11.9 Å². The van der Waals surface area contributed by atoms with E-state index < -0.39 is 5.79 Å². The molecule has 0 saturated carbocycles. The summed E-state index contributed by atoms with van der Waals surface area (Å²) in [5.74, 6) is 1.30. The van der Waals surface area contributed by atoms with E-state index in [1.54, 1.807) is 19.0 Å². The lowest BCUT2D eigenvalue weighted by molar-refractivity contribution is -0.189. The quantitative estimate of drug-likeness (QED) is 0.468. The van der Waals surface area contributed by atoms with Gasteiger partial charge < -0.3 is 24.6 Å². The first-order valence-corrected chi connectivity index (χ1v) is 11.4. The smallest absolute Gasteiger partial charge is 0.243 e. The minimum atomic E-state index is -0.504. The van der Waals surface area contributed by atoms with Crippen molar-refractivity contribution in [2.24, 2.45) is 16.8 Å². The molecule has 1 amide bonds. The van der Waals surface area contributed by atoms with Gasteiger partial charge in [0.15, 0.2) is 11.7 Å². The van der Waals surface area contributed by atoms with Crippen LogP contribution in [0, 0.1) is 11.8 Å². The highest BCUT2D eigenvalue weighted by Gasteiger charge is 2.42. The molecular formula is C22H42N4O3. The number of likely N-dealkylation sites (tertiary alicyclic amines) is 1. The molecule has 0 spiro atoms. The minimum absolute atomic E-state index is 0.0188. The van der Waals surface area contributed by atoms with E-state index in [-0.39, 0.29) is 12.5 Å². The first kappa shape index (κ1) is 23.9. The molecule has 0 bridgehead atoms. The number of nitrogens with zero attached hydrogens (tertiary/aromatic N) is 3. The molecule has 0 aromatic carbocycles. The van der Waals surface area contributed by atoms with Crippen molar-refractivity contribution in [3.8, 4) is 0 Å². The first-order valence-electron chi connectivity index (χ1n) is 11.4. The van der Waals surface area contributed by atoms with Gasteiger partial charge in [0.2, 0.25) is 5.91 Å². The Labute approximate surface area is 177 Å². The van der Waals surface area contributed by atoms with E-state index in [2.05, 4.69) is 31.0 Å². The molecule has 1 N–H and O–H groups in total. The largest absolute Gasteiger partial charge is 0.356 e. The Morgan fingerprint density at radius 3 is 2.66 bits per heavy atom. The zero-order valence-electron chi connectivity index (χ0n) is 19.2. The lowest BCUT2D eigenvalue weighted by atomic mass is 9.90. The van der Waals surface area contributed by atoms with E-state index in [0.29, 0.717) is 25.0 Å². The molecule has 2 aliphatic rings. The van der Waals surface area contributed by atoms with Gasteiger partial charge in [-0.2, -0.15) is 0 Å². The Morgan fingerprint density at radius 1 is 1.31 bits per heavy atom. The zero-order valence-corrected chi connectivity index (χ0v) is 19.2. The lowest BCUT2D eigenvalue weighted by Crippen LogP contribution is -2.52. The average Bonchev–Trinajstić information content (AvgIpc) is 3.17. The summed E-state index contributed by atoms with van der Waals surface area (Å²) in [7, 11) is 3.55. The highest BCUT2D eigenvalue weighted by molar-refractivity contribution is 5.85. The molecule has 2 unspecified atom stereocenters. The highest BCUT2D eigenvalue weighted by atomic mass is 16.7. The van der Waals surface area contributed by atoms with Crippen LogP contribution in [0.15, 0.2) is 4.99 Å². The fourth-order valence-corrected chi connectivity index (χ4v) is 4.09. The van der Waals surface area contributed by atoms with Crippen LogP contribution in [0.5, 0.6) is 0 Å². The van der Waals surface area contributed by atoms with Gasteiger partial charge in [0.05, 0.1) is 13.2 Å². The van der Waals surface area contributed by atoms with Crippen molar-refractivity contribution in [3.05, 3.63) is 0 Å².